The van der Waals surface area contributed by atoms with E-state index in [2.05, 4.69) is 29.2 Å². The zero-order valence-electron chi connectivity index (χ0n) is 14.6. The van der Waals surface area contributed by atoms with Crippen molar-refractivity contribution in [2.45, 2.75) is 13.1 Å². The molecule has 0 heterocycles. The standard InChI is InChI=1S/C22H19Cl2NO.ClH/c23-20-12-11-19(13-21(20)24)22(26)16-25(14-17-7-3-1-4-8-17)15-18-9-5-2-6-10-18;/h1-13H,14-16H2;1H. The largest absolute Gasteiger partial charge is 0.293 e. The van der Waals surface area contributed by atoms with Gasteiger partial charge in [0, 0.05) is 18.7 Å². The molecule has 3 aromatic carbocycles. The van der Waals surface area contributed by atoms with Crippen molar-refractivity contribution in [3.8, 4) is 0 Å². The first kappa shape index (κ1) is 21.5. The summed E-state index contributed by atoms with van der Waals surface area (Å²) in [4.78, 5) is 14.9. The van der Waals surface area contributed by atoms with Gasteiger partial charge in [-0.1, -0.05) is 83.9 Å². The van der Waals surface area contributed by atoms with Gasteiger partial charge in [-0.25, -0.2) is 0 Å². The lowest BCUT2D eigenvalue weighted by atomic mass is 10.1. The molecule has 0 N–H and O–H groups in total. The molecule has 0 fully saturated rings. The van der Waals surface area contributed by atoms with Crippen LogP contribution in [0.4, 0.5) is 0 Å². The van der Waals surface area contributed by atoms with Gasteiger partial charge in [-0.3, -0.25) is 9.69 Å². The SMILES string of the molecule is Cl.O=C(CN(Cc1ccccc1)Cc1ccccc1)c1ccc(Cl)c(Cl)c1. The van der Waals surface area contributed by atoms with Gasteiger partial charge in [-0.2, -0.15) is 0 Å². The number of halogens is 3. The second-order valence-corrected chi connectivity index (χ2v) is 6.98. The molecule has 3 aromatic rings. The summed E-state index contributed by atoms with van der Waals surface area (Å²) in [5, 5.41) is 0.851. The normalized spacial score (nSPS) is 10.5. The quantitative estimate of drug-likeness (QED) is 0.418. The van der Waals surface area contributed by atoms with E-state index in [1.165, 1.54) is 11.1 Å². The number of rotatable bonds is 7. The van der Waals surface area contributed by atoms with E-state index < -0.39 is 0 Å². The summed E-state index contributed by atoms with van der Waals surface area (Å²) in [5.74, 6) is 0.0235. The molecule has 0 atom stereocenters. The van der Waals surface area contributed by atoms with Crippen LogP contribution in [0.25, 0.3) is 0 Å². The fourth-order valence-electron chi connectivity index (χ4n) is 2.81. The lowest BCUT2D eigenvalue weighted by Crippen LogP contribution is -2.29. The van der Waals surface area contributed by atoms with Gasteiger partial charge in [0.15, 0.2) is 5.78 Å². The highest BCUT2D eigenvalue weighted by Crippen LogP contribution is 2.23. The second-order valence-electron chi connectivity index (χ2n) is 6.17. The van der Waals surface area contributed by atoms with Crippen molar-refractivity contribution in [2.24, 2.45) is 0 Å². The van der Waals surface area contributed by atoms with Gasteiger partial charge in [-0.15, -0.1) is 12.4 Å². The summed E-state index contributed by atoms with van der Waals surface area (Å²) < 4.78 is 0. The first-order valence-corrected chi connectivity index (χ1v) is 9.16. The van der Waals surface area contributed by atoms with Crippen molar-refractivity contribution in [3.05, 3.63) is 106 Å². The molecular formula is C22H20Cl3NO. The van der Waals surface area contributed by atoms with Gasteiger partial charge in [-0.05, 0) is 29.3 Å². The van der Waals surface area contributed by atoms with E-state index in [4.69, 9.17) is 23.2 Å². The Kier molecular flexibility index (Phi) is 8.33. The average Bonchev–Trinajstić information content (AvgIpc) is 2.65. The molecule has 5 heteroatoms. The topological polar surface area (TPSA) is 20.3 Å². The van der Waals surface area contributed by atoms with Gasteiger partial charge in [0.05, 0.1) is 16.6 Å². The molecule has 140 valence electrons. The highest BCUT2D eigenvalue weighted by atomic mass is 35.5. The number of ketones is 1. The maximum Gasteiger partial charge on any atom is 0.176 e. The van der Waals surface area contributed by atoms with Crippen LogP contribution in [0.3, 0.4) is 0 Å². The lowest BCUT2D eigenvalue weighted by Gasteiger charge is -2.22. The van der Waals surface area contributed by atoms with E-state index in [1.54, 1.807) is 18.2 Å². The second kappa shape index (κ2) is 10.5. The van der Waals surface area contributed by atoms with Gasteiger partial charge in [0.2, 0.25) is 0 Å². The summed E-state index contributed by atoms with van der Waals surface area (Å²) in [6, 6.07) is 25.3. The molecule has 0 radical (unpaired) electrons. The van der Waals surface area contributed by atoms with Gasteiger partial charge in [0.25, 0.3) is 0 Å². The zero-order valence-corrected chi connectivity index (χ0v) is 17.0. The third-order valence-corrected chi connectivity index (χ3v) is 4.85. The van der Waals surface area contributed by atoms with Crippen LogP contribution in [0, 0.1) is 0 Å². The van der Waals surface area contributed by atoms with Crippen LogP contribution in [0.1, 0.15) is 21.5 Å². The Balaban J connectivity index is 0.00000261. The van der Waals surface area contributed by atoms with Crippen LogP contribution in [-0.2, 0) is 13.1 Å². The molecular weight excluding hydrogens is 401 g/mol. The predicted molar refractivity (Wildman–Crippen MR) is 115 cm³/mol. The third kappa shape index (κ3) is 6.37. The molecule has 0 unspecified atom stereocenters. The monoisotopic (exact) mass is 419 g/mol. The van der Waals surface area contributed by atoms with E-state index in [-0.39, 0.29) is 18.2 Å². The third-order valence-electron chi connectivity index (χ3n) is 4.11. The van der Waals surface area contributed by atoms with Crippen molar-refractivity contribution in [3.63, 3.8) is 0 Å². The summed E-state index contributed by atoms with van der Waals surface area (Å²) in [7, 11) is 0. The van der Waals surface area contributed by atoms with E-state index in [1.807, 2.05) is 36.4 Å². The van der Waals surface area contributed by atoms with Crippen molar-refractivity contribution in [1.29, 1.82) is 0 Å². The van der Waals surface area contributed by atoms with Crippen LogP contribution < -0.4 is 0 Å². The number of hydrogen-bond donors (Lipinski definition) is 0. The number of Topliss-reactive ketones (excluding diaryl/α,β-unsaturated/α-hetero) is 1. The lowest BCUT2D eigenvalue weighted by molar-refractivity contribution is 0.0920. The Hall–Kier alpha value is -1.84. The minimum Gasteiger partial charge on any atom is -0.293 e. The Labute approximate surface area is 176 Å². The fourth-order valence-corrected chi connectivity index (χ4v) is 3.11. The number of nitrogens with zero attached hydrogens (tertiary/aromatic N) is 1. The predicted octanol–water partition coefficient (Wildman–Crippen LogP) is 6.30. The number of carbonyl (C=O) groups is 1. The van der Waals surface area contributed by atoms with Crippen molar-refractivity contribution in [1.82, 2.24) is 4.90 Å². The minimum absolute atomic E-state index is 0. The molecule has 27 heavy (non-hydrogen) atoms. The zero-order chi connectivity index (χ0) is 18.4. The van der Waals surface area contributed by atoms with Gasteiger partial charge >= 0.3 is 0 Å². The molecule has 0 spiro atoms. The number of hydrogen-bond acceptors (Lipinski definition) is 2. The highest BCUT2D eigenvalue weighted by molar-refractivity contribution is 6.42. The summed E-state index contributed by atoms with van der Waals surface area (Å²) >= 11 is 12.0. The first-order valence-electron chi connectivity index (χ1n) is 8.40. The molecule has 0 aliphatic carbocycles. The Morgan fingerprint density at radius 1 is 0.741 bits per heavy atom. The van der Waals surface area contributed by atoms with E-state index >= 15 is 0 Å². The smallest absolute Gasteiger partial charge is 0.176 e. The number of carbonyl (C=O) groups excluding carboxylic acids is 1. The van der Waals surface area contributed by atoms with Crippen LogP contribution >= 0.6 is 35.6 Å². The molecule has 0 amide bonds. The molecule has 0 saturated heterocycles. The Morgan fingerprint density at radius 2 is 1.26 bits per heavy atom. The van der Waals surface area contributed by atoms with Crippen LogP contribution in [0.2, 0.25) is 10.0 Å². The molecule has 0 aromatic heterocycles. The van der Waals surface area contributed by atoms with E-state index in [9.17, 15) is 4.79 Å². The number of benzene rings is 3. The summed E-state index contributed by atoms with van der Waals surface area (Å²) in [6.45, 7) is 1.70. The van der Waals surface area contributed by atoms with Gasteiger partial charge in [0.1, 0.15) is 0 Å². The Bertz CT molecular complexity index is 828. The average molecular weight is 421 g/mol. The van der Waals surface area contributed by atoms with E-state index in [0.717, 1.165) is 0 Å². The highest BCUT2D eigenvalue weighted by Gasteiger charge is 2.15. The van der Waals surface area contributed by atoms with Crippen LogP contribution in [-0.4, -0.2) is 17.2 Å². The van der Waals surface area contributed by atoms with Crippen molar-refractivity contribution < 1.29 is 4.79 Å². The Morgan fingerprint density at radius 3 is 1.74 bits per heavy atom. The fraction of sp³-hybridized carbons (Fsp3) is 0.136. The summed E-state index contributed by atoms with van der Waals surface area (Å²) in [6.07, 6.45) is 0. The van der Waals surface area contributed by atoms with E-state index in [0.29, 0.717) is 35.2 Å². The first-order chi connectivity index (χ1) is 12.6. The van der Waals surface area contributed by atoms with Crippen molar-refractivity contribution in [2.75, 3.05) is 6.54 Å². The van der Waals surface area contributed by atoms with Gasteiger partial charge < -0.3 is 0 Å². The van der Waals surface area contributed by atoms with Crippen LogP contribution in [0.15, 0.2) is 78.9 Å². The molecule has 2 nitrogen and oxygen atoms in total. The summed E-state index contributed by atoms with van der Waals surface area (Å²) in [5.41, 5.74) is 2.92. The molecule has 0 aliphatic heterocycles. The molecule has 0 bridgehead atoms. The maximum atomic E-state index is 12.8. The minimum atomic E-state index is 0. The maximum absolute atomic E-state index is 12.8. The molecule has 0 saturated carbocycles. The molecule has 3 rings (SSSR count). The molecule has 0 aliphatic rings. The van der Waals surface area contributed by atoms with Crippen molar-refractivity contribution >= 4 is 41.4 Å². The van der Waals surface area contributed by atoms with Crippen LogP contribution in [0.5, 0.6) is 0 Å².